The number of aryl methyl sites for hydroxylation is 1. The first-order chi connectivity index (χ1) is 15.4. The van der Waals surface area contributed by atoms with Crippen molar-refractivity contribution in [3.63, 3.8) is 0 Å². The molecule has 2 aromatic heterocycles. The van der Waals surface area contributed by atoms with Gasteiger partial charge in [0.25, 0.3) is 0 Å². The highest BCUT2D eigenvalue weighted by atomic mass is 32.1. The number of rotatable bonds is 9. The van der Waals surface area contributed by atoms with Crippen LogP contribution in [0, 0.1) is 6.92 Å². The lowest BCUT2D eigenvalue weighted by molar-refractivity contribution is -0.137. The maximum atomic E-state index is 13.1. The Kier molecular flexibility index (Phi) is 7.28. The van der Waals surface area contributed by atoms with E-state index in [1.54, 1.807) is 19.9 Å². The third kappa shape index (κ3) is 5.80. The Labute approximate surface area is 193 Å². The molecule has 0 fully saturated rings. The van der Waals surface area contributed by atoms with Crippen molar-refractivity contribution in [2.24, 2.45) is 0 Å². The number of ketones is 1. The summed E-state index contributed by atoms with van der Waals surface area (Å²) >= 11 is 1.49. The lowest BCUT2D eigenvalue weighted by atomic mass is 9.79. The maximum absolute atomic E-state index is 13.1. The van der Waals surface area contributed by atoms with Crippen LogP contribution in [0.5, 0.6) is 0 Å². The summed E-state index contributed by atoms with van der Waals surface area (Å²) in [6, 6.07) is 8.77. The highest BCUT2D eigenvalue weighted by Crippen LogP contribution is 2.34. The molecular weight excluding hydrogens is 455 g/mol. The molecule has 0 unspecified atom stereocenters. The number of hydrogen-bond donors (Lipinski definition) is 0. The molecule has 0 aliphatic rings. The predicted octanol–water partition coefficient (Wildman–Crippen LogP) is 4.68. The first kappa shape index (κ1) is 24.9. The molecule has 0 N–H and O–H groups in total. The number of nitrogens with zero attached hydrogens (tertiary/aromatic N) is 3. The monoisotopic (exact) mass is 481 g/mol. The number of ether oxygens (including phenoxy) is 1. The highest BCUT2D eigenvalue weighted by Gasteiger charge is 2.33. The normalized spacial score (nSPS) is 12.3. The first-order valence-electron chi connectivity index (χ1n) is 10.3. The van der Waals surface area contributed by atoms with Crippen molar-refractivity contribution in [1.82, 2.24) is 14.3 Å². The molecule has 0 radical (unpaired) electrons. The minimum atomic E-state index is -4.46. The topological polar surface area (TPSA) is 66.1 Å². The van der Waals surface area contributed by atoms with E-state index < -0.39 is 22.8 Å². The molecule has 0 atom stereocenters. The van der Waals surface area contributed by atoms with Crippen molar-refractivity contribution in [3.05, 3.63) is 62.9 Å². The molecule has 1 aromatic carbocycles. The lowest BCUT2D eigenvalue weighted by Crippen LogP contribution is -2.31. The average molecular weight is 482 g/mol. The molecule has 6 nitrogen and oxygen atoms in total. The Morgan fingerprint density at radius 3 is 2.45 bits per heavy atom. The summed E-state index contributed by atoms with van der Waals surface area (Å²) in [6.07, 6.45) is -4.51. The van der Waals surface area contributed by atoms with Gasteiger partial charge in [-0.15, -0.1) is 16.4 Å². The van der Waals surface area contributed by atoms with Crippen LogP contribution in [0.15, 0.2) is 41.2 Å². The fraction of sp³-hybridized carbons (Fsp3) is 0.435. The van der Waals surface area contributed by atoms with Gasteiger partial charge in [-0.05, 0) is 36.1 Å². The van der Waals surface area contributed by atoms with Crippen molar-refractivity contribution in [3.8, 4) is 10.7 Å². The molecule has 3 aromatic rings. The van der Waals surface area contributed by atoms with Gasteiger partial charge in [0.15, 0.2) is 11.6 Å². The van der Waals surface area contributed by atoms with Gasteiger partial charge in [0.1, 0.15) is 6.54 Å². The van der Waals surface area contributed by atoms with Gasteiger partial charge >= 0.3 is 11.9 Å². The third-order valence-electron chi connectivity index (χ3n) is 5.34. The molecule has 33 heavy (non-hydrogen) atoms. The second-order valence-corrected chi connectivity index (χ2v) is 9.78. The molecular formula is C23H26F3N3O3S. The van der Waals surface area contributed by atoms with Crippen molar-refractivity contribution >= 4 is 17.1 Å². The number of alkyl halides is 3. The van der Waals surface area contributed by atoms with Gasteiger partial charge in [0.05, 0.1) is 23.6 Å². The zero-order chi connectivity index (χ0) is 24.4. The predicted molar refractivity (Wildman–Crippen MR) is 121 cm³/mol. The van der Waals surface area contributed by atoms with E-state index in [-0.39, 0.29) is 25.3 Å². The molecule has 0 amide bonds. The Bertz CT molecular complexity index is 1190. The van der Waals surface area contributed by atoms with Gasteiger partial charge in [0, 0.05) is 18.4 Å². The van der Waals surface area contributed by atoms with Crippen LogP contribution in [-0.4, -0.2) is 33.8 Å². The SMILES string of the molecule is COCCn1c(-c2ccc(C)s2)nn(CC(=O)CC(C)(C)c2cccc(C(F)(F)F)c2)c1=O. The minimum absolute atomic E-state index is 0.0425. The number of hydrogen-bond acceptors (Lipinski definition) is 5. The summed E-state index contributed by atoms with van der Waals surface area (Å²) in [4.78, 5) is 27.7. The lowest BCUT2D eigenvalue weighted by Gasteiger charge is -2.25. The smallest absolute Gasteiger partial charge is 0.383 e. The third-order valence-corrected chi connectivity index (χ3v) is 6.34. The Morgan fingerprint density at radius 2 is 1.85 bits per heavy atom. The van der Waals surface area contributed by atoms with Crippen LogP contribution in [0.1, 0.15) is 36.3 Å². The molecule has 2 heterocycles. The number of thiophene rings is 1. The number of carbonyl (C=O) groups is 1. The van der Waals surface area contributed by atoms with Gasteiger partial charge in [-0.3, -0.25) is 9.36 Å². The van der Waals surface area contributed by atoms with Gasteiger partial charge in [0.2, 0.25) is 0 Å². The van der Waals surface area contributed by atoms with E-state index in [9.17, 15) is 22.8 Å². The Hall–Kier alpha value is -2.72. The van der Waals surface area contributed by atoms with Crippen LogP contribution >= 0.6 is 11.3 Å². The van der Waals surface area contributed by atoms with E-state index in [1.165, 1.54) is 29.1 Å². The van der Waals surface area contributed by atoms with Gasteiger partial charge in [-0.1, -0.05) is 32.0 Å². The molecule has 0 bridgehead atoms. The molecule has 0 spiro atoms. The molecule has 0 aliphatic carbocycles. The quantitative estimate of drug-likeness (QED) is 0.445. The van der Waals surface area contributed by atoms with Gasteiger partial charge in [-0.25, -0.2) is 9.48 Å². The second-order valence-electron chi connectivity index (χ2n) is 8.50. The van der Waals surface area contributed by atoms with Crippen molar-refractivity contribution in [2.45, 2.75) is 51.9 Å². The number of halogens is 3. The molecule has 3 rings (SSSR count). The summed E-state index contributed by atoms with van der Waals surface area (Å²) in [6.45, 7) is 5.69. The number of benzene rings is 1. The van der Waals surface area contributed by atoms with Crippen LogP contribution in [0.25, 0.3) is 10.7 Å². The van der Waals surface area contributed by atoms with E-state index in [4.69, 9.17) is 4.74 Å². The van der Waals surface area contributed by atoms with Crippen LogP contribution in [-0.2, 0) is 34.2 Å². The standard InChI is InChI=1S/C23H26F3N3O3S/c1-15-8-9-19(33-15)20-27-29(21(31)28(20)10-11-32-4)14-18(30)13-22(2,3)16-6-5-7-17(12-16)23(24,25)26/h5-9,12H,10-11,13-14H2,1-4H3. The molecule has 10 heteroatoms. The zero-order valence-corrected chi connectivity index (χ0v) is 19.7. The van der Waals surface area contributed by atoms with E-state index in [2.05, 4.69) is 5.10 Å². The molecule has 0 saturated carbocycles. The van der Waals surface area contributed by atoms with Crippen molar-refractivity contribution < 1.29 is 22.7 Å². The Balaban J connectivity index is 1.84. The van der Waals surface area contributed by atoms with Crippen LogP contribution in [0.4, 0.5) is 13.2 Å². The van der Waals surface area contributed by atoms with Crippen LogP contribution in [0.3, 0.4) is 0 Å². The van der Waals surface area contributed by atoms with Gasteiger partial charge < -0.3 is 4.74 Å². The molecule has 0 aliphatic heterocycles. The zero-order valence-electron chi connectivity index (χ0n) is 18.9. The summed E-state index contributed by atoms with van der Waals surface area (Å²) in [5.41, 5.74) is -1.64. The van der Waals surface area contributed by atoms with Gasteiger partial charge in [-0.2, -0.15) is 13.2 Å². The van der Waals surface area contributed by atoms with Crippen LogP contribution < -0.4 is 5.69 Å². The van der Waals surface area contributed by atoms with Crippen LogP contribution in [0.2, 0.25) is 0 Å². The largest absolute Gasteiger partial charge is 0.416 e. The number of aromatic nitrogens is 3. The molecule has 0 saturated heterocycles. The fourth-order valence-electron chi connectivity index (χ4n) is 3.60. The van der Waals surface area contributed by atoms with E-state index in [0.717, 1.165) is 26.6 Å². The summed E-state index contributed by atoms with van der Waals surface area (Å²) in [5, 5.41) is 4.39. The summed E-state index contributed by atoms with van der Waals surface area (Å²) < 4.78 is 47.0. The minimum Gasteiger partial charge on any atom is -0.383 e. The maximum Gasteiger partial charge on any atom is 0.416 e. The number of carbonyl (C=O) groups excluding carboxylic acids is 1. The summed E-state index contributed by atoms with van der Waals surface area (Å²) in [7, 11) is 1.53. The first-order valence-corrected chi connectivity index (χ1v) is 11.2. The van der Waals surface area contributed by atoms with Crippen molar-refractivity contribution in [1.29, 1.82) is 0 Å². The highest BCUT2D eigenvalue weighted by molar-refractivity contribution is 7.15. The number of methoxy groups -OCH3 is 1. The van der Waals surface area contributed by atoms with E-state index in [0.29, 0.717) is 18.0 Å². The average Bonchev–Trinajstić information content (AvgIpc) is 3.29. The molecule has 178 valence electrons. The Morgan fingerprint density at radius 1 is 1.15 bits per heavy atom. The van der Waals surface area contributed by atoms with E-state index in [1.807, 2.05) is 19.1 Å². The summed E-state index contributed by atoms with van der Waals surface area (Å²) in [5.74, 6) is 0.157. The van der Waals surface area contributed by atoms with E-state index >= 15 is 0 Å². The second kappa shape index (κ2) is 9.64. The number of Topliss-reactive ketones (excluding diaryl/α,β-unsaturated/α-hetero) is 1. The van der Waals surface area contributed by atoms with Crippen molar-refractivity contribution in [2.75, 3.05) is 13.7 Å². The fourth-order valence-corrected chi connectivity index (χ4v) is 4.46.